The molecule has 1 unspecified atom stereocenters. The SMILES string of the molecule is CCOC(=O)COc1cccc(NC(=O)C(CCSC)NC(=O)c2ccccc2Cl)c1. The Kier molecular flexibility index (Phi) is 10.2. The number of carbonyl (C=O) groups is 3. The molecule has 2 aromatic carbocycles. The number of esters is 1. The van der Waals surface area contributed by atoms with Crippen LogP contribution in [0.4, 0.5) is 5.69 Å². The Balaban J connectivity index is 2.04. The van der Waals surface area contributed by atoms with E-state index in [0.29, 0.717) is 34.2 Å². The summed E-state index contributed by atoms with van der Waals surface area (Å²) in [5.41, 5.74) is 0.785. The zero-order valence-corrected chi connectivity index (χ0v) is 18.9. The summed E-state index contributed by atoms with van der Waals surface area (Å²) in [5.74, 6) is -0.165. The highest BCUT2D eigenvalue weighted by molar-refractivity contribution is 7.98. The van der Waals surface area contributed by atoms with Crippen LogP contribution in [0.5, 0.6) is 5.75 Å². The monoisotopic (exact) mass is 464 g/mol. The molecule has 31 heavy (non-hydrogen) atoms. The maximum absolute atomic E-state index is 12.8. The van der Waals surface area contributed by atoms with Gasteiger partial charge in [0.25, 0.3) is 5.91 Å². The summed E-state index contributed by atoms with van der Waals surface area (Å²) < 4.78 is 10.2. The zero-order valence-electron chi connectivity index (χ0n) is 17.4. The lowest BCUT2D eigenvalue weighted by Gasteiger charge is -2.19. The van der Waals surface area contributed by atoms with Gasteiger partial charge in [0.05, 0.1) is 17.2 Å². The number of hydrogen-bond donors (Lipinski definition) is 2. The van der Waals surface area contributed by atoms with E-state index in [1.807, 2.05) is 6.26 Å². The van der Waals surface area contributed by atoms with Gasteiger partial charge in [-0.05, 0) is 49.6 Å². The van der Waals surface area contributed by atoms with Gasteiger partial charge >= 0.3 is 5.97 Å². The molecule has 0 saturated carbocycles. The Morgan fingerprint density at radius 1 is 1.13 bits per heavy atom. The molecule has 0 aliphatic carbocycles. The highest BCUT2D eigenvalue weighted by Crippen LogP contribution is 2.19. The third-order valence-electron chi connectivity index (χ3n) is 4.11. The fraction of sp³-hybridized carbons (Fsp3) is 0.318. The van der Waals surface area contributed by atoms with E-state index in [0.717, 1.165) is 0 Å². The van der Waals surface area contributed by atoms with E-state index in [9.17, 15) is 14.4 Å². The average molecular weight is 465 g/mol. The van der Waals surface area contributed by atoms with Crippen molar-refractivity contribution in [1.29, 1.82) is 0 Å². The van der Waals surface area contributed by atoms with Gasteiger partial charge in [-0.3, -0.25) is 9.59 Å². The molecule has 7 nitrogen and oxygen atoms in total. The normalized spacial score (nSPS) is 11.3. The molecular formula is C22H25ClN2O5S. The van der Waals surface area contributed by atoms with E-state index >= 15 is 0 Å². The smallest absolute Gasteiger partial charge is 0.344 e. The first kappa shape index (κ1) is 24.6. The van der Waals surface area contributed by atoms with E-state index in [2.05, 4.69) is 10.6 Å². The number of halogens is 1. The van der Waals surface area contributed by atoms with Crippen molar-refractivity contribution < 1.29 is 23.9 Å². The van der Waals surface area contributed by atoms with Crippen LogP contribution in [0.1, 0.15) is 23.7 Å². The van der Waals surface area contributed by atoms with E-state index in [1.165, 1.54) is 0 Å². The number of amides is 2. The molecule has 0 aliphatic heterocycles. The van der Waals surface area contributed by atoms with Crippen molar-refractivity contribution in [3.8, 4) is 5.75 Å². The number of benzene rings is 2. The maximum Gasteiger partial charge on any atom is 0.344 e. The second kappa shape index (κ2) is 12.9. The molecular weight excluding hydrogens is 440 g/mol. The van der Waals surface area contributed by atoms with Crippen molar-refractivity contribution in [2.24, 2.45) is 0 Å². The molecule has 0 aliphatic rings. The van der Waals surface area contributed by atoms with Gasteiger partial charge in [-0.2, -0.15) is 11.8 Å². The third kappa shape index (κ3) is 8.15. The largest absolute Gasteiger partial charge is 0.482 e. The van der Waals surface area contributed by atoms with Crippen LogP contribution in [-0.2, 0) is 14.3 Å². The molecule has 0 spiro atoms. The number of carbonyl (C=O) groups excluding carboxylic acids is 3. The quantitative estimate of drug-likeness (QED) is 0.491. The Morgan fingerprint density at radius 2 is 1.90 bits per heavy atom. The molecule has 2 rings (SSSR count). The minimum absolute atomic E-state index is 0.227. The lowest BCUT2D eigenvalue weighted by Crippen LogP contribution is -2.44. The maximum atomic E-state index is 12.8. The van der Waals surface area contributed by atoms with Crippen LogP contribution in [0.15, 0.2) is 48.5 Å². The first-order chi connectivity index (χ1) is 14.9. The van der Waals surface area contributed by atoms with Crippen LogP contribution >= 0.6 is 23.4 Å². The number of hydrogen-bond acceptors (Lipinski definition) is 6. The fourth-order valence-corrected chi connectivity index (χ4v) is 3.32. The number of ether oxygens (including phenoxy) is 2. The molecule has 0 radical (unpaired) electrons. The Hall–Kier alpha value is -2.71. The van der Waals surface area contributed by atoms with Gasteiger partial charge in [0.15, 0.2) is 6.61 Å². The summed E-state index contributed by atoms with van der Waals surface area (Å²) in [6.45, 7) is 1.76. The van der Waals surface area contributed by atoms with Crippen LogP contribution in [0.2, 0.25) is 5.02 Å². The molecule has 0 aromatic heterocycles. The van der Waals surface area contributed by atoms with Gasteiger partial charge in [0.2, 0.25) is 5.91 Å². The van der Waals surface area contributed by atoms with E-state index < -0.39 is 17.9 Å². The van der Waals surface area contributed by atoms with Gasteiger partial charge < -0.3 is 20.1 Å². The van der Waals surface area contributed by atoms with Crippen LogP contribution in [0, 0.1) is 0 Å². The molecule has 0 bridgehead atoms. The van der Waals surface area contributed by atoms with Crippen molar-refractivity contribution >= 4 is 46.8 Å². The average Bonchev–Trinajstić information content (AvgIpc) is 2.75. The minimum Gasteiger partial charge on any atom is -0.482 e. The van der Waals surface area contributed by atoms with Crippen molar-refractivity contribution in [3.05, 3.63) is 59.1 Å². The van der Waals surface area contributed by atoms with Crippen LogP contribution < -0.4 is 15.4 Å². The standard InChI is InChI=1S/C22H25ClN2O5S/c1-3-29-20(26)14-30-16-8-6-7-15(13-16)24-22(28)19(11-12-31-2)25-21(27)17-9-4-5-10-18(17)23/h4-10,13,19H,3,11-12,14H2,1-2H3,(H,24,28)(H,25,27). The summed E-state index contributed by atoms with van der Waals surface area (Å²) in [6, 6.07) is 12.6. The topological polar surface area (TPSA) is 93.7 Å². The van der Waals surface area contributed by atoms with Gasteiger partial charge in [-0.1, -0.05) is 29.8 Å². The summed E-state index contributed by atoms with van der Waals surface area (Å²) in [4.78, 5) is 36.9. The van der Waals surface area contributed by atoms with Crippen molar-refractivity contribution in [2.75, 3.05) is 30.5 Å². The van der Waals surface area contributed by atoms with Crippen molar-refractivity contribution in [2.45, 2.75) is 19.4 Å². The summed E-state index contributed by atoms with van der Waals surface area (Å²) in [6.07, 6.45) is 2.37. The summed E-state index contributed by atoms with van der Waals surface area (Å²) in [5, 5.41) is 5.86. The Labute approximate surface area is 190 Å². The number of anilines is 1. The molecule has 2 amide bonds. The van der Waals surface area contributed by atoms with Gasteiger partial charge in [0, 0.05) is 11.8 Å². The van der Waals surface area contributed by atoms with E-state index in [-0.39, 0.29) is 19.1 Å². The lowest BCUT2D eigenvalue weighted by atomic mass is 10.1. The van der Waals surface area contributed by atoms with Crippen LogP contribution in [-0.4, -0.2) is 49.0 Å². The number of thioether (sulfide) groups is 1. The molecule has 9 heteroatoms. The first-order valence-corrected chi connectivity index (χ1v) is 11.5. The predicted molar refractivity (Wildman–Crippen MR) is 123 cm³/mol. The number of rotatable bonds is 11. The predicted octanol–water partition coefficient (Wildman–Crippen LogP) is 3.77. The van der Waals surface area contributed by atoms with E-state index in [1.54, 1.807) is 67.2 Å². The molecule has 2 N–H and O–H groups in total. The highest BCUT2D eigenvalue weighted by Gasteiger charge is 2.22. The lowest BCUT2D eigenvalue weighted by molar-refractivity contribution is -0.145. The molecule has 2 aromatic rings. The van der Waals surface area contributed by atoms with Gasteiger partial charge in [-0.15, -0.1) is 0 Å². The number of nitrogens with one attached hydrogen (secondary N) is 2. The molecule has 0 fully saturated rings. The van der Waals surface area contributed by atoms with Crippen LogP contribution in [0.3, 0.4) is 0 Å². The second-order valence-electron chi connectivity index (χ2n) is 6.40. The van der Waals surface area contributed by atoms with E-state index in [4.69, 9.17) is 21.1 Å². The molecule has 166 valence electrons. The highest BCUT2D eigenvalue weighted by atomic mass is 35.5. The molecule has 0 saturated heterocycles. The zero-order chi connectivity index (χ0) is 22.6. The summed E-state index contributed by atoms with van der Waals surface area (Å²) >= 11 is 7.67. The first-order valence-electron chi connectivity index (χ1n) is 9.68. The van der Waals surface area contributed by atoms with Crippen LogP contribution in [0.25, 0.3) is 0 Å². The van der Waals surface area contributed by atoms with Gasteiger partial charge in [0.1, 0.15) is 11.8 Å². The van der Waals surface area contributed by atoms with Crippen molar-refractivity contribution in [3.63, 3.8) is 0 Å². The molecule has 1 atom stereocenters. The third-order valence-corrected chi connectivity index (χ3v) is 5.09. The second-order valence-corrected chi connectivity index (χ2v) is 7.79. The summed E-state index contributed by atoms with van der Waals surface area (Å²) in [7, 11) is 0. The Morgan fingerprint density at radius 3 is 2.61 bits per heavy atom. The van der Waals surface area contributed by atoms with Crippen molar-refractivity contribution in [1.82, 2.24) is 5.32 Å². The van der Waals surface area contributed by atoms with Gasteiger partial charge in [-0.25, -0.2) is 4.79 Å². The minimum atomic E-state index is -0.750. The fourth-order valence-electron chi connectivity index (χ4n) is 2.62. The Bertz CT molecular complexity index is 909. The molecule has 0 heterocycles.